The lowest BCUT2D eigenvalue weighted by Gasteiger charge is -2.27. The van der Waals surface area contributed by atoms with Crippen LogP contribution in [0.1, 0.15) is 25.3 Å². The summed E-state index contributed by atoms with van der Waals surface area (Å²) in [7, 11) is 0. The van der Waals surface area contributed by atoms with Gasteiger partial charge in [0.05, 0.1) is 23.4 Å². The first-order chi connectivity index (χ1) is 7.33. The van der Waals surface area contributed by atoms with Crippen LogP contribution >= 0.6 is 0 Å². The van der Waals surface area contributed by atoms with Crippen LogP contribution in [0.2, 0.25) is 0 Å². The van der Waals surface area contributed by atoms with Crippen LogP contribution in [0.4, 0.5) is 5.69 Å². The Bertz CT molecular complexity index is 395. The van der Waals surface area contributed by atoms with Crippen molar-refractivity contribution in [2.45, 2.75) is 25.8 Å². The number of nitrogens with one attached hydrogen (secondary N) is 1. The molecule has 1 atom stereocenters. The quantitative estimate of drug-likeness (QED) is 0.801. The van der Waals surface area contributed by atoms with E-state index in [1.54, 1.807) is 6.07 Å². The normalized spacial score (nSPS) is 18.3. The highest BCUT2D eigenvalue weighted by Gasteiger charge is 2.17. The van der Waals surface area contributed by atoms with Gasteiger partial charge in [-0.2, -0.15) is 5.26 Å². The molecule has 0 bridgehead atoms. The number of nitrogens with zero attached hydrogens (tertiary/aromatic N) is 1. The van der Waals surface area contributed by atoms with Crippen LogP contribution in [0.25, 0.3) is 0 Å². The van der Waals surface area contributed by atoms with Gasteiger partial charge < -0.3 is 10.1 Å². The fraction of sp³-hybridized carbons (Fsp3) is 0.417. The van der Waals surface area contributed by atoms with Gasteiger partial charge >= 0.3 is 0 Å². The molecule has 1 aliphatic heterocycles. The minimum Gasteiger partial charge on any atom is -0.489 e. The number of anilines is 1. The van der Waals surface area contributed by atoms with Crippen molar-refractivity contribution in [1.82, 2.24) is 0 Å². The molecule has 1 aromatic rings. The fourth-order valence-corrected chi connectivity index (χ4v) is 1.79. The Morgan fingerprint density at radius 1 is 1.60 bits per heavy atom. The lowest BCUT2D eigenvalue weighted by molar-refractivity contribution is 0.278. The lowest BCUT2D eigenvalue weighted by Crippen LogP contribution is -2.31. The predicted molar refractivity (Wildman–Crippen MR) is 59.0 cm³/mol. The molecular formula is C12H14N2O. The topological polar surface area (TPSA) is 45.0 Å². The summed E-state index contributed by atoms with van der Waals surface area (Å²) in [5, 5.41) is 12.2. The third kappa shape index (κ3) is 2.04. The van der Waals surface area contributed by atoms with Gasteiger partial charge in [-0.1, -0.05) is 13.3 Å². The van der Waals surface area contributed by atoms with Gasteiger partial charge in [-0.15, -0.1) is 0 Å². The molecule has 1 N–H and O–H groups in total. The van der Waals surface area contributed by atoms with Crippen LogP contribution in [-0.4, -0.2) is 12.6 Å². The average Bonchev–Trinajstić information content (AvgIpc) is 2.28. The number of hydrogen-bond acceptors (Lipinski definition) is 3. The minimum atomic E-state index is 0.372. The molecule has 3 nitrogen and oxygen atoms in total. The molecule has 0 spiro atoms. The average molecular weight is 202 g/mol. The van der Waals surface area contributed by atoms with E-state index in [9.17, 15) is 0 Å². The maximum absolute atomic E-state index is 8.79. The van der Waals surface area contributed by atoms with Crippen LogP contribution in [0.3, 0.4) is 0 Å². The van der Waals surface area contributed by atoms with Gasteiger partial charge in [-0.05, 0) is 24.6 Å². The molecule has 78 valence electrons. The number of rotatable bonds is 2. The van der Waals surface area contributed by atoms with Crippen molar-refractivity contribution in [2.75, 3.05) is 11.9 Å². The van der Waals surface area contributed by atoms with E-state index in [0.717, 1.165) is 24.3 Å². The summed E-state index contributed by atoms with van der Waals surface area (Å²) in [6.07, 6.45) is 2.23. The zero-order valence-corrected chi connectivity index (χ0v) is 8.79. The van der Waals surface area contributed by atoms with Crippen LogP contribution in [0.5, 0.6) is 5.75 Å². The van der Waals surface area contributed by atoms with Crippen molar-refractivity contribution in [3.05, 3.63) is 23.8 Å². The molecule has 0 amide bonds. The van der Waals surface area contributed by atoms with Gasteiger partial charge in [0.25, 0.3) is 0 Å². The van der Waals surface area contributed by atoms with E-state index < -0.39 is 0 Å². The Hall–Kier alpha value is -1.69. The van der Waals surface area contributed by atoms with E-state index in [2.05, 4.69) is 18.3 Å². The number of benzene rings is 1. The summed E-state index contributed by atoms with van der Waals surface area (Å²) in [5.41, 5.74) is 1.61. The Morgan fingerprint density at radius 3 is 3.20 bits per heavy atom. The van der Waals surface area contributed by atoms with Crippen molar-refractivity contribution in [3.63, 3.8) is 0 Å². The zero-order chi connectivity index (χ0) is 10.7. The predicted octanol–water partition coefficient (Wildman–Crippen LogP) is 2.53. The smallest absolute Gasteiger partial charge is 0.142 e. The van der Waals surface area contributed by atoms with E-state index in [0.29, 0.717) is 18.2 Å². The monoisotopic (exact) mass is 202 g/mol. The Labute approximate surface area is 89.7 Å². The van der Waals surface area contributed by atoms with Crippen LogP contribution in [0, 0.1) is 11.3 Å². The van der Waals surface area contributed by atoms with E-state index >= 15 is 0 Å². The molecule has 0 saturated heterocycles. The Morgan fingerprint density at radius 2 is 2.47 bits per heavy atom. The van der Waals surface area contributed by atoms with Crippen LogP contribution in [-0.2, 0) is 0 Å². The highest BCUT2D eigenvalue weighted by Crippen LogP contribution is 2.30. The standard InChI is InChI=1S/C12H14N2O/c1-2-3-10-8-15-12-5-4-9(7-13)6-11(12)14-10/h4-6,10,14H,2-3,8H2,1H3. The molecule has 0 radical (unpaired) electrons. The maximum atomic E-state index is 8.79. The molecular weight excluding hydrogens is 188 g/mol. The molecule has 0 aromatic heterocycles. The Kier molecular flexibility index (Phi) is 2.77. The molecule has 2 rings (SSSR count). The van der Waals surface area contributed by atoms with E-state index in [1.807, 2.05) is 12.1 Å². The van der Waals surface area contributed by atoms with Crippen molar-refractivity contribution >= 4 is 5.69 Å². The molecule has 0 saturated carbocycles. The fourth-order valence-electron chi connectivity index (χ4n) is 1.79. The van der Waals surface area contributed by atoms with Gasteiger partial charge in [0.15, 0.2) is 0 Å². The Balaban J connectivity index is 2.20. The van der Waals surface area contributed by atoms with Crippen LogP contribution < -0.4 is 10.1 Å². The number of nitriles is 1. The molecule has 1 unspecified atom stereocenters. The summed E-state index contributed by atoms with van der Waals surface area (Å²) in [4.78, 5) is 0. The third-order valence-electron chi connectivity index (χ3n) is 2.55. The zero-order valence-electron chi connectivity index (χ0n) is 8.79. The van der Waals surface area contributed by atoms with Crippen LogP contribution in [0.15, 0.2) is 18.2 Å². The summed E-state index contributed by atoms with van der Waals surface area (Å²) in [6.45, 7) is 2.87. The molecule has 0 fully saturated rings. The van der Waals surface area contributed by atoms with E-state index in [1.165, 1.54) is 0 Å². The lowest BCUT2D eigenvalue weighted by atomic mass is 10.1. The third-order valence-corrected chi connectivity index (χ3v) is 2.55. The van der Waals surface area contributed by atoms with E-state index in [-0.39, 0.29) is 0 Å². The molecule has 1 heterocycles. The highest BCUT2D eigenvalue weighted by atomic mass is 16.5. The SMILES string of the molecule is CCCC1COc2ccc(C#N)cc2N1. The summed E-state index contributed by atoms with van der Waals surface area (Å²) in [5.74, 6) is 0.848. The highest BCUT2D eigenvalue weighted by molar-refractivity contribution is 5.61. The second-order valence-electron chi connectivity index (χ2n) is 3.76. The largest absolute Gasteiger partial charge is 0.489 e. The molecule has 1 aliphatic rings. The van der Waals surface area contributed by atoms with Crippen molar-refractivity contribution in [2.24, 2.45) is 0 Å². The molecule has 15 heavy (non-hydrogen) atoms. The second kappa shape index (κ2) is 4.22. The first kappa shape index (κ1) is 9.85. The number of ether oxygens (including phenoxy) is 1. The molecule has 0 aliphatic carbocycles. The summed E-state index contributed by atoms with van der Waals surface area (Å²) >= 11 is 0. The van der Waals surface area contributed by atoms with Gasteiger partial charge in [-0.3, -0.25) is 0 Å². The summed E-state index contributed by atoms with van der Waals surface area (Å²) < 4.78 is 5.62. The van der Waals surface area contributed by atoms with E-state index in [4.69, 9.17) is 10.00 Å². The van der Waals surface area contributed by atoms with Gasteiger partial charge in [0.2, 0.25) is 0 Å². The maximum Gasteiger partial charge on any atom is 0.142 e. The number of hydrogen-bond donors (Lipinski definition) is 1. The molecule has 3 heteroatoms. The minimum absolute atomic E-state index is 0.372. The molecule has 1 aromatic carbocycles. The first-order valence-electron chi connectivity index (χ1n) is 5.27. The van der Waals surface area contributed by atoms with Gasteiger partial charge in [0, 0.05) is 0 Å². The summed E-state index contributed by atoms with van der Waals surface area (Å²) in [6, 6.07) is 7.97. The number of fused-ring (bicyclic) bond motifs is 1. The van der Waals surface area contributed by atoms with Crippen molar-refractivity contribution in [3.8, 4) is 11.8 Å². The van der Waals surface area contributed by atoms with Crippen molar-refractivity contribution < 1.29 is 4.74 Å². The van der Waals surface area contributed by atoms with Crippen molar-refractivity contribution in [1.29, 1.82) is 5.26 Å². The van der Waals surface area contributed by atoms with Gasteiger partial charge in [-0.25, -0.2) is 0 Å². The van der Waals surface area contributed by atoms with Gasteiger partial charge in [0.1, 0.15) is 12.4 Å². The second-order valence-corrected chi connectivity index (χ2v) is 3.76. The first-order valence-corrected chi connectivity index (χ1v) is 5.27.